The number of amides is 3. The molecule has 0 bridgehead atoms. The maximum atomic E-state index is 12.5. The van der Waals surface area contributed by atoms with Gasteiger partial charge in [0.25, 0.3) is 5.91 Å². The van der Waals surface area contributed by atoms with Crippen LogP contribution in [0.2, 0.25) is 0 Å². The fraction of sp³-hybridized carbons (Fsp3) is 0.278. The smallest absolute Gasteiger partial charge is 0.329 e. The highest BCUT2D eigenvalue weighted by atomic mass is 16.5. The summed E-state index contributed by atoms with van der Waals surface area (Å²) < 4.78 is 5.93. The van der Waals surface area contributed by atoms with E-state index in [4.69, 9.17) is 4.74 Å². The lowest BCUT2D eigenvalue weighted by molar-refractivity contribution is -0.119. The summed E-state index contributed by atoms with van der Waals surface area (Å²) in [6, 6.07) is 8.11. The zero-order valence-corrected chi connectivity index (χ0v) is 13.9. The molecule has 1 saturated heterocycles. The number of carbonyl (C=O) groups excluding carboxylic acids is 2. The van der Waals surface area contributed by atoms with Gasteiger partial charge in [0, 0.05) is 24.0 Å². The second-order valence-corrected chi connectivity index (χ2v) is 6.45. The molecule has 3 heterocycles. The highest BCUT2D eigenvalue weighted by Gasteiger charge is 2.41. The maximum absolute atomic E-state index is 12.5. The minimum atomic E-state index is -0.496. The summed E-state index contributed by atoms with van der Waals surface area (Å²) in [4.78, 5) is 29.9. The first kappa shape index (κ1) is 15.4. The molecular formula is C18H18N4O3. The molecule has 1 fully saturated rings. The van der Waals surface area contributed by atoms with Crippen molar-refractivity contribution in [1.82, 2.24) is 10.3 Å². The van der Waals surface area contributed by atoms with E-state index in [1.807, 2.05) is 32.0 Å². The molecule has 2 N–H and O–H groups in total. The second-order valence-electron chi connectivity index (χ2n) is 6.45. The van der Waals surface area contributed by atoms with Gasteiger partial charge in [-0.2, -0.15) is 0 Å². The number of carbonyl (C=O) groups is 2. The van der Waals surface area contributed by atoms with Crippen LogP contribution in [0.4, 0.5) is 16.2 Å². The van der Waals surface area contributed by atoms with E-state index in [0.29, 0.717) is 11.4 Å². The number of fused-ring (bicyclic) bond motifs is 1. The van der Waals surface area contributed by atoms with E-state index < -0.39 is 12.1 Å². The molecule has 7 nitrogen and oxygen atoms in total. The van der Waals surface area contributed by atoms with Gasteiger partial charge in [0.2, 0.25) is 0 Å². The van der Waals surface area contributed by atoms with E-state index in [9.17, 15) is 9.59 Å². The van der Waals surface area contributed by atoms with E-state index in [0.717, 1.165) is 11.3 Å². The molecule has 0 radical (unpaired) electrons. The zero-order valence-electron chi connectivity index (χ0n) is 13.9. The third-order valence-corrected chi connectivity index (χ3v) is 4.40. The summed E-state index contributed by atoms with van der Waals surface area (Å²) in [6.45, 7) is 3.81. The molecule has 0 unspecified atom stereocenters. The topological polar surface area (TPSA) is 83.6 Å². The molecule has 0 saturated carbocycles. The van der Waals surface area contributed by atoms with Crippen molar-refractivity contribution in [3.8, 4) is 5.75 Å². The quantitative estimate of drug-likeness (QED) is 0.841. The predicted octanol–water partition coefficient (Wildman–Crippen LogP) is 2.67. The van der Waals surface area contributed by atoms with Crippen LogP contribution in [0, 0.1) is 5.92 Å². The predicted molar refractivity (Wildman–Crippen MR) is 92.3 cm³/mol. The van der Waals surface area contributed by atoms with Crippen molar-refractivity contribution in [3.63, 3.8) is 0 Å². The standard InChI is InChI=1S/C18H18N4O3/c1-10(2)15-17(23)22(18(24)21-15)12-3-4-13-14(9-12)25-16(20-13)11-5-7-19-8-6-11/h3-10,15-16,20H,1-2H3,(H,21,24)/t15-,16+/m0/s1. The number of nitrogens with zero attached hydrogens (tertiary/aromatic N) is 2. The molecule has 1 aromatic carbocycles. The van der Waals surface area contributed by atoms with E-state index in [-0.39, 0.29) is 18.1 Å². The lowest BCUT2D eigenvalue weighted by Crippen LogP contribution is -2.34. The third kappa shape index (κ3) is 2.57. The minimum absolute atomic E-state index is 0.0323. The number of nitrogens with one attached hydrogen (secondary N) is 2. The summed E-state index contributed by atoms with van der Waals surface area (Å²) >= 11 is 0. The van der Waals surface area contributed by atoms with Crippen LogP contribution in [0.5, 0.6) is 5.75 Å². The Bertz CT molecular complexity index is 837. The number of imide groups is 1. The zero-order chi connectivity index (χ0) is 17.6. The molecule has 128 valence electrons. The van der Waals surface area contributed by atoms with Crippen molar-refractivity contribution >= 4 is 23.3 Å². The molecule has 2 aliphatic heterocycles. The molecule has 4 rings (SSSR count). The van der Waals surface area contributed by atoms with Gasteiger partial charge in [0.15, 0.2) is 6.23 Å². The largest absolute Gasteiger partial charge is 0.464 e. The van der Waals surface area contributed by atoms with Crippen LogP contribution in [0.1, 0.15) is 25.6 Å². The number of urea groups is 1. The van der Waals surface area contributed by atoms with Crippen LogP contribution in [-0.4, -0.2) is 23.0 Å². The summed E-state index contributed by atoms with van der Waals surface area (Å²) in [5.41, 5.74) is 2.27. The average molecular weight is 338 g/mol. The Hall–Kier alpha value is -3.09. The molecule has 2 aliphatic rings. The fourth-order valence-electron chi connectivity index (χ4n) is 3.05. The van der Waals surface area contributed by atoms with E-state index >= 15 is 0 Å². The molecule has 2 atom stereocenters. The van der Waals surface area contributed by atoms with Crippen LogP contribution in [0.15, 0.2) is 42.7 Å². The van der Waals surface area contributed by atoms with Gasteiger partial charge in [-0.3, -0.25) is 9.78 Å². The summed E-state index contributed by atoms with van der Waals surface area (Å²) in [5, 5.41) is 5.99. The van der Waals surface area contributed by atoms with Crippen molar-refractivity contribution in [3.05, 3.63) is 48.3 Å². The Kier molecular flexibility index (Phi) is 3.56. The fourth-order valence-corrected chi connectivity index (χ4v) is 3.05. The Morgan fingerprint density at radius 2 is 1.88 bits per heavy atom. The van der Waals surface area contributed by atoms with Crippen molar-refractivity contribution < 1.29 is 14.3 Å². The van der Waals surface area contributed by atoms with Crippen molar-refractivity contribution in [2.24, 2.45) is 5.92 Å². The maximum Gasteiger partial charge on any atom is 0.329 e. The molecule has 2 aromatic rings. The second kappa shape index (κ2) is 5.77. The third-order valence-electron chi connectivity index (χ3n) is 4.40. The molecule has 7 heteroatoms. The lowest BCUT2D eigenvalue weighted by atomic mass is 10.0. The van der Waals surface area contributed by atoms with Gasteiger partial charge in [-0.15, -0.1) is 0 Å². The first-order chi connectivity index (χ1) is 12.0. The first-order valence-electron chi connectivity index (χ1n) is 8.16. The van der Waals surface area contributed by atoms with E-state index in [1.165, 1.54) is 4.90 Å². The van der Waals surface area contributed by atoms with Crippen LogP contribution in [0.25, 0.3) is 0 Å². The number of hydrogen-bond donors (Lipinski definition) is 2. The van der Waals surface area contributed by atoms with Crippen molar-refractivity contribution in [1.29, 1.82) is 0 Å². The van der Waals surface area contributed by atoms with Gasteiger partial charge in [0.1, 0.15) is 11.8 Å². The number of aromatic nitrogens is 1. The molecule has 0 aliphatic carbocycles. The van der Waals surface area contributed by atoms with Gasteiger partial charge in [-0.25, -0.2) is 9.69 Å². The summed E-state index contributed by atoms with van der Waals surface area (Å²) in [7, 11) is 0. The normalized spacial score (nSPS) is 21.8. The van der Waals surface area contributed by atoms with Gasteiger partial charge in [-0.1, -0.05) is 13.8 Å². The molecule has 25 heavy (non-hydrogen) atoms. The van der Waals surface area contributed by atoms with Gasteiger partial charge in [-0.05, 0) is 30.2 Å². The Labute approximate surface area is 145 Å². The van der Waals surface area contributed by atoms with Gasteiger partial charge in [0.05, 0.1) is 11.4 Å². The monoisotopic (exact) mass is 338 g/mol. The number of hydrogen-bond acceptors (Lipinski definition) is 5. The molecular weight excluding hydrogens is 320 g/mol. The van der Waals surface area contributed by atoms with Crippen molar-refractivity contribution in [2.45, 2.75) is 26.1 Å². The molecule has 3 amide bonds. The van der Waals surface area contributed by atoms with Crippen LogP contribution < -0.4 is 20.3 Å². The molecule has 0 spiro atoms. The first-order valence-corrected chi connectivity index (χ1v) is 8.16. The Morgan fingerprint density at radius 3 is 2.56 bits per heavy atom. The number of benzene rings is 1. The lowest BCUT2D eigenvalue weighted by Gasteiger charge is -2.15. The Balaban J connectivity index is 1.60. The number of pyridine rings is 1. The van der Waals surface area contributed by atoms with Crippen molar-refractivity contribution in [2.75, 3.05) is 10.2 Å². The van der Waals surface area contributed by atoms with Crippen LogP contribution in [0.3, 0.4) is 0 Å². The minimum Gasteiger partial charge on any atom is -0.464 e. The van der Waals surface area contributed by atoms with Gasteiger partial charge >= 0.3 is 6.03 Å². The number of ether oxygens (including phenoxy) is 1. The summed E-state index contributed by atoms with van der Waals surface area (Å²) in [6.07, 6.45) is 3.09. The number of rotatable bonds is 3. The van der Waals surface area contributed by atoms with Crippen LogP contribution in [-0.2, 0) is 4.79 Å². The highest BCUT2D eigenvalue weighted by molar-refractivity contribution is 6.21. The Morgan fingerprint density at radius 1 is 1.12 bits per heavy atom. The van der Waals surface area contributed by atoms with Gasteiger partial charge < -0.3 is 15.4 Å². The molecule has 1 aromatic heterocycles. The average Bonchev–Trinajstić information content (AvgIpc) is 3.16. The number of anilines is 2. The summed E-state index contributed by atoms with van der Waals surface area (Å²) in [5.74, 6) is 0.398. The van der Waals surface area contributed by atoms with Crippen LogP contribution >= 0.6 is 0 Å². The van der Waals surface area contributed by atoms with E-state index in [1.54, 1.807) is 24.5 Å². The SMILES string of the molecule is CC(C)[C@@H]1NC(=O)N(c2ccc3c(c2)O[C@H](c2ccncc2)N3)C1=O. The highest BCUT2D eigenvalue weighted by Crippen LogP contribution is 2.40. The van der Waals surface area contributed by atoms with E-state index in [2.05, 4.69) is 15.6 Å².